The average molecular weight is 267 g/mol. The monoisotopic (exact) mass is 267 g/mol. The second-order valence-electron chi connectivity index (χ2n) is 4.39. The number of amides is 1. The maximum Gasteiger partial charge on any atom is 0.255 e. The highest BCUT2D eigenvalue weighted by Gasteiger charge is 2.07. The third-order valence-corrected chi connectivity index (χ3v) is 2.88. The number of aryl methyl sites for hydroxylation is 1. The predicted molar refractivity (Wildman–Crippen MR) is 81.3 cm³/mol. The lowest BCUT2D eigenvalue weighted by Gasteiger charge is -2.08. The molecule has 0 aliphatic rings. The van der Waals surface area contributed by atoms with E-state index in [0.29, 0.717) is 12.2 Å². The number of anilines is 1. The van der Waals surface area contributed by atoms with Gasteiger partial charge in [0.2, 0.25) is 0 Å². The Balaban J connectivity index is 2.06. The first-order chi connectivity index (χ1) is 9.70. The maximum absolute atomic E-state index is 12.1. The molecule has 0 aromatic heterocycles. The third kappa shape index (κ3) is 3.48. The zero-order valence-electron chi connectivity index (χ0n) is 11.4. The summed E-state index contributed by atoms with van der Waals surface area (Å²) in [6, 6.07) is 14.7. The van der Waals surface area contributed by atoms with Crippen LogP contribution in [0.1, 0.15) is 15.9 Å². The first kappa shape index (κ1) is 13.9. The second kappa shape index (κ2) is 6.57. The summed E-state index contributed by atoms with van der Waals surface area (Å²) in [5, 5.41) is 2.89. The molecule has 0 spiro atoms. The van der Waals surface area contributed by atoms with Crippen LogP contribution in [0.2, 0.25) is 0 Å². The minimum atomic E-state index is -0.130. The minimum absolute atomic E-state index is 0.130. The van der Waals surface area contributed by atoms with Crippen molar-refractivity contribution < 1.29 is 9.53 Å². The number of rotatable bonds is 5. The van der Waals surface area contributed by atoms with Gasteiger partial charge in [0.1, 0.15) is 12.4 Å². The SMILES string of the molecule is C=CCOc1ccc(C(=O)Nc2ccccc2C)cc1. The van der Waals surface area contributed by atoms with E-state index in [2.05, 4.69) is 11.9 Å². The maximum atomic E-state index is 12.1. The topological polar surface area (TPSA) is 38.3 Å². The standard InChI is InChI=1S/C17H17NO2/c1-3-12-20-15-10-8-14(9-11-15)17(19)18-16-7-5-4-6-13(16)2/h3-11H,1,12H2,2H3,(H,18,19). The van der Waals surface area contributed by atoms with Gasteiger partial charge in [-0.25, -0.2) is 0 Å². The smallest absolute Gasteiger partial charge is 0.255 e. The van der Waals surface area contributed by atoms with Crippen molar-refractivity contribution in [2.24, 2.45) is 0 Å². The molecule has 1 N–H and O–H groups in total. The van der Waals surface area contributed by atoms with Crippen LogP contribution < -0.4 is 10.1 Å². The first-order valence-electron chi connectivity index (χ1n) is 6.41. The van der Waals surface area contributed by atoms with E-state index >= 15 is 0 Å². The average Bonchev–Trinajstić information content (AvgIpc) is 2.48. The van der Waals surface area contributed by atoms with Crippen LogP contribution in [0, 0.1) is 6.92 Å². The highest BCUT2D eigenvalue weighted by Crippen LogP contribution is 2.16. The van der Waals surface area contributed by atoms with Crippen LogP contribution in [0.15, 0.2) is 61.2 Å². The highest BCUT2D eigenvalue weighted by molar-refractivity contribution is 6.04. The molecule has 0 aliphatic carbocycles. The van der Waals surface area contributed by atoms with Crippen molar-refractivity contribution in [2.45, 2.75) is 6.92 Å². The number of hydrogen-bond donors (Lipinski definition) is 1. The lowest BCUT2D eigenvalue weighted by atomic mass is 10.1. The number of hydrogen-bond acceptors (Lipinski definition) is 2. The van der Waals surface area contributed by atoms with Gasteiger partial charge < -0.3 is 10.1 Å². The largest absolute Gasteiger partial charge is 0.490 e. The van der Waals surface area contributed by atoms with E-state index in [1.54, 1.807) is 30.3 Å². The van der Waals surface area contributed by atoms with Crippen molar-refractivity contribution in [3.8, 4) is 5.75 Å². The number of para-hydroxylation sites is 1. The van der Waals surface area contributed by atoms with Crippen LogP contribution in [-0.4, -0.2) is 12.5 Å². The Morgan fingerprint density at radius 3 is 2.55 bits per heavy atom. The molecule has 2 aromatic carbocycles. The van der Waals surface area contributed by atoms with E-state index in [0.717, 1.165) is 17.0 Å². The molecule has 0 bridgehead atoms. The summed E-state index contributed by atoms with van der Waals surface area (Å²) in [7, 11) is 0. The number of ether oxygens (including phenoxy) is 1. The molecule has 102 valence electrons. The first-order valence-corrected chi connectivity index (χ1v) is 6.41. The van der Waals surface area contributed by atoms with Crippen LogP contribution in [-0.2, 0) is 0 Å². The fourth-order valence-corrected chi connectivity index (χ4v) is 1.77. The van der Waals surface area contributed by atoms with Gasteiger partial charge in [-0.05, 0) is 42.8 Å². The van der Waals surface area contributed by atoms with Crippen LogP contribution in [0.3, 0.4) is 0 Å². The Labute approximate surface area is 118 Å². The van der Waals surface area contributed by atoms with Crippen LogP contribution in [0.5, 0.6) is 5.75 Å². The molecule has 0 unspecified atom stereocenters. The van der Waals surface area contributed by atoms with Gasteiger partial charge in [0.05, 0.1) is 0 Å². The van der Waals surface area contributed by atoms with Crippen molar-refractivity contribution in [2.75, 3.05) is 11.9 Å². The molecular formula is C17H17NO2. The summed E-state index contributed by atoms with van der Waals surface area (Å²) in [6.45, 7) is 6.00. The second-order valence-corrected chi connectivity index (χ2v) is 4.39. The van der Waals surface area contributed by atoms with Crippen molar-refractivity contribution in [1.29, 1.82) is 0 Å². The molecule has 0 atom stereocenters. The lowest BCUT2D eigenvalue weighted by molar-refractivity contribution is 0.102. The molecule has 0 heterocycles. The Hall–Kier alpha value is -2.55. The Morgan fingerprint density at radius 2 is 1.90 bits per heavy atom. The Kier molecular flexibility index (Phi) is 4.56. The lowest BCUT2D eigenvalue weighted by Crippen LogP contribution is -2.12. The quantitative estimate of drug-likeness (QED) is 0.836. The van der Waals surface area contributed by atoms with E-state index < -0.39 is 0 Å². The Morgan fingerprint density at radius 1 is 1.20 bits per heavy atom. The van der Waals surface area contributed by atoms with E-state index in [4.69, 9.17) is 4.74 Å². The molecule has 20 heavy (non-hydrogen) atoms. The van der Waals surface area contributed by atoms with Gasteiger partial charge in [0.25, 0.3) is 5.91 Å². The summed E-state index contributed by atoms with van der Waals surface area (Å²) >= 11 is 0. The van der Waals surface area contributed by atoms with E-state index in [-0.39, 0.29) is 5.91 Å². The molecule has 0 radical (unpaired) electrons. The molecule has 2 aromatic rings. The van der Waals surface area contributed by atoms with Gasteiger partial charge in [-0.3, -0.25) is 4.79 Å². The zero-order valence-corrected chi connectivity index (χ0v) is 11.4. The summed E-state index contributed by atoms with van der Waals surface area (Å²) in [4.78, 5) is 12.1. The van der Waals surface area contributed by atoms with Crippen LogP contribution in [0.25, 0.3) is 0 Å². The van der Waals surface area contributed by atoms with Gasteiger partial charge >= 0.3 is 0 Å². The third-order valence-electron chi connectivity index (χ3n) is 2.88. The molecule has 0 fully saturated rings. The van der Waals surface area contributed by atoms with Gasteiger partial charge in [0.15, 0.2) is 0 Å². The van der Waals surface area contributed by atoms with Crippen LogP contribution >= 0.6 is 0 Å². The normalized spacial score (nSPS) is 9.85. The van der Waals surface area contributed by atoms with Crippen molar-refractivity contribution in [1.82, 2.24) is 0 Å². The molecule has 0 aliphatic heterocycles. The molecule has 3 heteroatoms. The fourth-order valence-electron chi connectivity index (χ4n) is 1.77. The van der Waals surface area contributed by atoms with E-state index in [1.165, 1.54) is 0 Å². The summed E-state index contributed by atoms with van der Waals surface area (Å²) in [5.41, 5.74) is 2.45. The number of nitrogens with one attached hydrogen (secondary N) is 1. The predicted octanol–water partition coefficient (Wildman–Crippen LogP) is 3.81. The number of benzene rings is 2. The zero-order chi connectivity index (χ0) is 14.4. The van der Waals surface area contributed by atoms with Gasteiger partial charge in [-0.15, -0.1) is 0 Å². The van der Waals surface area contributed by atoms with Gasteiger partial charge in [-0.2, -0.15) is 0 Å². The molecular weight excluding hydrogens is 250 g/mol. The highest BCUT2D eigenvalue weighted by atomic mass is 16.5. The van der Waals surface area contributed by atoms with Crippen molar-refractivity contribution >= 4 is 11.6 Å². The summed E-state index contributed by atoms with van der Waals surface area (Å²) in [5.74, 6) is 0.590. The van der Waals surface area contributed by atoms with Gasteiger partial charge in [0, 0.05) is 11.3 Å². The molecule has 3 nitrogen and oxygen atoms in total. The summed E-state index contributed by atoms with van der Waals surface area (Å²) < 4.78 is 5.38. The number of carbonyl (C=O) groups is 1. The van der Waals surface area contributed by atoms with E-state index in [9.17, 15) is 4.79 Å². The molecule has 0 saturated carbocycles. The molecule has 0 saturated heterocycles. The molecule has 2 rings (SSSR count). The molecule has 1 amide bonds. The van der Waals surface area contributed by atoms with Crippen molar-refractivity contribution in [3.63, 3.8) is 0 Å². The van der Waals surface area contributed by atoms with Crippen LogP contribution in [0.4, 0.5) is 5.69 Å². The Bertz CT molecular complexity index is 603. The van der Waals surface area contributed by atoms with E-state index in [1.807, 2.05) is 31.2 Å². The fraction of sp³-hybridized carbons (Fsp3) is 0.118. The minimum Gasteiger partial charge on any atom is -0.490 e. The number of carbonyl (C=O) groups excluding carboxylic acids is 1. The van der Waals surface area contributed by atoms with Crippen molar-refractivity contribution in [3.05, 3.63) is 72.3 Å². The van der Waals surface area contributed by atoms with Gasteiger partial charge in [-0.1, -0.05) is 30.9 Å². The summed E-state index contributed by atoms with van der Waals surface area (Å²) in [6.07, 6.45) is 1.68.